The van der Waals surface area contributed by atoms with Crippen molar-refractivity contribution in [2.45, 2.75) is 45.1 Å². The second-order valence-electron chi connectivity index (χ2n) is 7.71. The summed E-state index contributed by atoms with van der Waals surface area (Å²) in [6.45, 7) is 12.5. The predicted octanol–water partition coefficient (Wildman–Crippen LogP) is 2.59. The molecule has 1 aliphatic heterocycles. The third kappa shape index (κ3) is 4.69. The van der Waals surface area contributed by atoms with Crippen LogP contribution in [0.3, 0.4) is 0 Å². The summed E-state index contributed by atoms with van der Waals surface area (Å²) < 4.78 is 27.2. The molecular weight excluding hydrogens is 463 g/mol. The Morgan fingerprint density at radius 2 is 1.73 bits per heavy atom. The van der Waals surface area contributed by atoms with E-state index in [1.807, 2.05) is 6.92 Å². The van der Waals surface area contributed by atoms with Crippen LogP contribution in [0, 0.1) is 12.3 Å². The normalized spacial score (nSPS) is 18.7. The maximum atomic E-state index is 12.3. The van der Waals surface area contributed by atoms with E-state index in [-0.39, 0.29) is 39.8 Å². The molecule has 6 nitrogen and oxygen atoms in total. The van der Waals surface area contributed by atoms with E-state index in [4.69, 9.17) is 0 Å². The van der Waals surface area contributed by atoms with Gasteiger partial charge >= 0.3 is 0 Å². The molecule has 0 aromatic heterocycles. The molecule has 1 aromatic rings. The Kier molecular flexibility index (Phi) is 7.51. The summed E-state index contributed by atoms with van der Waals surface area (Å²) in [5.41, 5.74) is 1.26. The molecule has 8 heteroatoms. The van der Waals surface area contributed by atoms with Gasteiger partial charge in [0.05, 0.1) is 4.90 Å². The summed E-state index contributed by atoms with van der Waals surface area (Å²) in [6, 6.07) is 6.83. The van der Waals surface area contributed by atoms with Crippen LogP contribution in [0.1, 0.15) is 33.3 Å². The van der Waals surface area contributed by atoms with Crippen molar-refractivity contribution in [2.24, 2.45) is 10.4 Å². The number of guanidine groups is 1. The summed E-state index contributed by atoms with van der Waals surface area (Å²) in [5.74, 6) is 0.804. The van der Waals surface area contributed by atoms with Crippen LogP contribution in [-0.4, -0.2) is 51.5 Å². The first-order valence-electron chi connectivity index (χ1n) is 8.56. The van der Waals surface area contributed by atoms with Gasteiger partial charge in [-0.2, -0.15) is 0 Å². The number of nitrogens with one attached hydrogen (secondary N) is 2. The number of sulfonamides is 1. The highest BCUT2D eigenvalue weighted by Gasteiger charge is 2.53. The first-order valence-corrected chi connectivity index (χ1v) is 10.0. The van der Waals surface area contributed by atoms with E-state index in [1.165, 1.54) is 0 Å². The number of rotatable bonds is 5. The lowest BCUT2D eigenvalue weighted by molar-refractivity contribution is -0.0666. The van der Waals surface area contributed by atoms with Crippen LogP contribution in [-0.2, 0) is 10.0 Å². The Morgan fingerprint density at radius 3 is 2.19 bits per heavy atom. The summed E-state index contributed by atoms with van der Waals surface area (Å²) >= 11 is 0. The van der Waals surface area contributed by atoms with Crippen LogP contribution in [0.5, 0.6) is 0 Å². The zero-order valence-electron chi connectivity index (χ0n) is 16.5. The summed E-state index contributed by atoms with van der Waals surface area (Å²) in [6.07, 6.45) is 0. The second-order valence-corrected chi connectivity index (χ2v) is 9.48. The predicted molar refractivity (Wildman–Crippen MR) is 118 cm³/mol. The van der Waals surface area contributed by atoms with Crippen LogP contribution in [0.15, 0.2) is 34.2 Å². The van der Waals surface area contributed by atoms with Gasteiger partial charge in [0.2, 0.25) is 10.0 Å². The molecule has 0 bridgehead atoms. The monoisotopic (exact) mass is 494 g/mol. The van der Waals surface area contributed by atoms with Crippen molar-refractivity contribution in [3.63, 3.8) is 0 Å². The quantitative estimate of drug-likeness (QED) is 0.286. The molecular formula is C18H31IN4O2S. The molecule has 26 heavy (non-hydrogen) atoms. The van der Waals surface area contributed by atoms with Crippen LogP contribution in [0.4, 0.5) is 0 Å². The number of likely N-dealkylation sites (tertiary alicyclic amines) is 1. The van der Waals surface area contributed by atoms with Gasteiger partial charge in [-0.05, 0) is 32.9 Å². The number of benzene rings is 1. The third-order valence-corrected chi connectivity index (χ3v) is 6.86. The zero-order chi connectivity index (χ0) is 18.9. The van der Waals surface area contributed by atoms with Gasteiger partial charge in [0.1, 0.15) is 0 Å². The number of halogens is 1. The van der Waals surface area contributed by atoms with Gasteiger partial charge < -0.3 is 10.2 Å². The van der Waals surface area contributed by atoms with E-state index in [9.17, 15) is 8.42 Å². The van der Waals surface area contributed by atoms with Gasteiger partial charge in [-0.3, -0.25) is 4.99 Å². The fourth-order valence-corrected chi connectivity index (χ4v) is 3.89. The average Bonchev–Trinajstić information content (AvgIpc) is 2.54. The molecule has 0 atom stereocenters. The number of aliphatic imine (C=N–C) groups is 1. The fraction of sp³-hybridized carbons (Fsp3) is 0.611. The first-order chi connectivity index (χ1) is 11.5. The van der Waals surface area contributed by atoms with Crippen molar-refractivity contribution in [3.8, 4) is 0 Å². The van der Waals surface area contributed by atoms with Crippen LogP contribution < -0.4 is 10.0 Å². The van der Waals surface area contributed by atoms with Gasteiger partial charge in [-0.1, -0.05) is 31.5 Å². The topological polar surface area (TPSA) is 73.8 Å². The molecule has 0 amide bonds. The minimum atomic E-state index is -3.48. The maximum absolute atomic E-state index is 12.3. The highest BCUT2D eigenvalue weighted by Crippen LogP contribution is 2.46. The number of hydrogen-bond donors (Lipinski definition) is 2. The standard InChI is InChI=1S/C18H30N4O2S.HI/c1-14-7-9-15(10-8-14)25(23,24)21-12-11-20-16(19-6)22-13-17(2,3)18(22,4)5;/h7-10,21H,11-13H2,1-6H3,(H,19,20);1H. The average molecular weight is 494 g/mol. The van der Waals surface area contributed by atoms with E-state index in [2.05, 4.69) is 47.6 Å². The van der Waals surface area contributed by atoms with Crippen molar-refractivity contribution < 1.29 is 8.42 Å². The third-order valence-electron chi connectivity index (χ3n) is 5.38. The van der Waals surface area contributed by atoms with Gasteiger partial charge in [0.25, 0.3) is 0 Å². The summed E-state index contributed by atoms with van der Waals surface area (Å²) in [4.78, 5) is 6.84. The number of hydrogen-bond acceptors (Lipinski definition) is 3. The van der Waals surface area contributed by atoms with Crippen LogP contribution in [0.2, 0.25) is 0 Å². The summed E-state index contributed by atoms with van der Waals surface area (Å²) in [7, 11) is -1.73. The molecule has 0 saturated carbocycles. The van der Waals surface area contributed by atoms with Crippen molar-refractivity contribution in [3.05, 3.63) is 29.8 Å². The zero-order valence-corrected chi connectivity index (χ0v) is 19.6. The highest BCUT2D eigenvalue weighted by atomic mass is 127. The lowest BCUT2D eigenvalue weighted by atomic mass is 9.65. The van der Waals surface area contributed by atoms with Crippen LogP contribution >= 0.6 is 24.0 Å². The lowest BCUT2D eigenvalue weighted by Crippen LogP contribution is -2.72. The van der Waals surface area contributed by atoms with E-state index in [0.29, 0.717) is 13.1 Å². The Bertz CT molecular complexity index is 743. The van der Waals surface area contributed by atoms with Gasteiger partial charge in [-0.25, -0.2) is 13.1 Å². The SMILES string of the molecule is CN=C(NCCNS(=O)(=O)c1ccc(C)cc1)N1CC(C)(C)C1(C)C.I. The van der Waals surface area contributed by atoms with Crippen molar-refractivity contribution in [1.82, 2.24) is 14.9 Å². The van der Waals surface area contributed by atoms with Gasteiger partial charge in [-0.15, -0.1) is 24.0 Å². The number of aryl methyl sites for hydroxylation is 1. The smallest absolute Gasteiger partial charge is 0.240 e. The van der Waals surface area contributed by atoms with Gasteiger partial charge in [0.15, 0.2) is 5.96 Å². The second kappa shape index (κ2) is 8.43. The first kappa shape index (κ1) is 23.2. The molecule has 0 unspecified atom stereocenters. The molecule has 1 aromatic carbocycles. The van der Waals surface area contributed by atoms with E-state index in [1.54, 1.807) is 31.3 Å². The van der Waals surface area contributed by atoms with Crippen LogP contribution in [0.25, 0.3) is 0 Å². The Labute approximate surface area is 174 Å². The van der Waals surface area contributed by atoms with E-state index < -0.39 is 10.0 Å². The van der Waals surface area contributed by atoms with Crippen molar-refractivity contribution in [1.29, 1.82) is 0 Å². The Hall–Kier alpha value is -0.870. The Balaban J connectivity index is 0.00000338. The molecule has 0 spiro atoms. The molecule has 0 aliphatic carbocycles. The molecule has 2 rings (SSSR count). The fourth-order valence-electron chi connectivity index (χ4n) is 2.86. The molecule has 1 fully saturated rings. The molecule has 1 saturated heterocycles. The minimum absolute atomic E-state index is 0. The van der Waals surface area contributed by atoms with Crippen molar-refractivity contribution in [2.75, 3.05) is 26.7 Å². The molecule has 1 aliphatic rings. The van der Waals surface area contributed by atoms with E-state index in [0.717, 1.165) is 18.1 Å². The lowest BCUT2D eigenvalue weighted by Gasteiger charge is -2.62. The minimum Gasteiger partial charge on any atom is -0.355 e. The van der Waals surface area contributed by atoms with Crippen molar-refractivity contribution >= 4 is 40.0 Å². The highest BCUT2D eigenvalue weighted by molar-refractivity contribution is 14.0. The maximum Gasteiger partial charge on any atom is 0.240 e. The number of nitrogens with zero attached hydrogens (tertiary/aromatic N) is 2. The molecule has 0 radical (unpaired) electrons. The van der Waals surface area contributed by atoms with E-state index >= 15 is 0 Å². The molecule has 2 N–H and O–H groups in total. The molecule has 1 heterocycles. The molecule has 148 valence electrons. The summed E-state index contributed by atoms with van der Waals surface area (Å²) in [5, 5.41) is 3.25. The Morgan fingerprint density at radius 1 is 1.15 bits per heavy atom. The van der Waals surface area contributed by atoms with Gasteiger partial charge in [0, 0.05) is 37.6 Å². The largest absolute Gasteiger partial charge is 0.355 e.